The predicted molar refractivity (Wildman–Crippen MR) is 152 cm³/mol. The second-order valence-corrected chi connectivity index (χ2v) is 13.7. The van der Waals surface area contributed by atoms with Gasteiger partial charge in [-0.25, -0.2) is 4.98 Å². The fourth-order valence-electron chi connectivity index (χ4n) is 8.12. The Balaban J connectivity index is 1.45. The molecule has 0 radical (unpaired) electrons. The number of Topliss-reactive ketones (excluding diaryl/α,β-unsaturated/α-hetero) is 1. The highest BCUT2D eigenvalue weighted by Gasteiger charge is 2.68. The van der Waals surface area contributed by atoms with Crippen LogP contribution < -0.4 is 5.56 Å². The van der Waals surface area contributed by atoms with Gasteiger partial charge in [0, 0.05) is 23.2 Å². The van der Waals surface area contributed by atoms with E-state index < -0.39 is 29.0 Å². The van der Waals surface area contributed by atoms with E-state index in [1.165, 1.54) is 0 Å². The maximum atomic E-state index is 13.5. The first-order valence-electron chi connectivity index (χ1n) is 14.0. The topological polar surface area (TPSA) is 109 Å². The van der Waals surface area contributed by atoms with Crippen molar-refractivity contribution in [3.05, 3.63) is 46.8 Å². The molecule has 8 atom stereocenters. The largest absolute Gasteiger partial charge is 0.461 e. The Hall–Kier alpha value is -2.45. The van der Waals surface area contributed by atoms with Gasteiger partial charge in [-0.3, -0.25) is 14.4 Å². The Labute approximate surface area is 234 Å². The number of aliphatic hydroxyl groups is 1. The first-order valence-corrected chi connectivity index (χ1v) is 15.0. The number of thioether (sulfide) groups is 1. The molecule has 2 N–H and O–H groups in total. The van der Waals surface area contributed by atoms with Gasteiger partial charge in [-0.2, -0.15) is 0 Å². The molecule has 2 bridgehead atoms. The maximum Gasteiger partial charge on any atom is 0.316 e. The third-order valence-corrected chi connectivity index (χ3v) is 11.6. The summed E-state index contributed by atoms with van der Waals surface area (Å²) in [4.78, 5) is 46.8. The molecule has 0 unspecified atom stereocenters. The van der Waals surface area contributed by atoms with E-state index in [4.69, 9.17) is 4.74 Å². The van der Waals surface area contributed by atoms with Gasteiger partial charge in [-0.15, -0.1) is 6.58 Å². The molecule has 210 valence electrons. The molecule has 0 spiro atoms. The van der Waals surface area contributed by atoms with Crippen LogP contribution in [0.4, 0.5) is 0 Å². The summed E-state index contributed by atoms with van der Waals surface area (Å²) in [6, 6.07) is 5.46. The minimum Gasteiger partial charge on any atom is -0.461 e. The molecule has 3 fully saturated rings. The smallest absolute Gasteiger partial charge is 0.316 e. The number of aromatic amines is 1. The quantitative estimate of drug-likeness (QED) is 0.226. The zero-order chi connectivity index (χ0) is 28.3. The summed E-state index contributed by atoms with van der Waals surface area (Å²) in [7, 11) is 0. The zero-order valence-corrected chi connectivity index (χ0v) is 24.4. The van der Waals surface area contributed by atoms with E-state index in [0.717, 1.165) is 36.6 Å². The molecule has 2 aromatic rings. The number of nitrogens with zero attached hydrogens (tertiary/aromatic N) is 1. The number of fused-ring (bicyclic) bond motifs is 1. The van der Waals surface area contributed by atoms with E-state index >= 15 is 0 Å². The van der Waals surface area contributed by atoms with Gasteiger partial charge in [0.05, 0.1) is 22.8 Å². The number of carbonyl (C=O) groups excluding carboxylic acids is 2. The number of aliphatic hydroxyl groups excluding tert-OH is 1. The van der Waals surface area contributed by atoms with E-state index in [0.29, 0.717) is 28.9 Å². The van der Waals surface area contributed by atoms with Crippen LogP contribution in [-0.2, 0) is 14.3 Å². The third kappa shape index (κ3) is 4.38. The second-order valence-electron chi connectivity index (χ2n) is 12.7. The molecular weight excluding hydrogens is 512 g/mol. The summed E-state index contributed by atoms with van der Waals surface area (Å²) in [5.41, 5.74) is -0.219. The number of rotatable bonds is 5. The normalized spacial score (nSPS) is 38.1. The van der Waals surface area contributed by atoms with E-state index in [1.807, 2.05) is 26.0 Å². The van der Waals surface area contributed by atoms with Crippen LogP contribution in [0.15, 0.2) is 40.8 Å². The number of nitrogens with one attached hydrogen (secondary N) is 1. The number of esters is 1. The first-order chi connectivity index (χ1) is 18.4. The monoisotopic (exact) mass is 552 g/mol. The van der Waals surface area contributed by atoms with Crippen LogP contribution in [-0.4, -0.2) is 44.8 Å². The number of hydrogen-bond donors (Lipinski definition) is 2. The number of ether oxygens (including phenoxy) is 1. The van der Waals surface area contributed by atoms with Crippen LogP contribution in [0.5, 0.6) is 0 Å². The minimum atomic E-state index is -0.702. The molecule has 39 heavy (non-hydrogen) atoms. The number of ketones is 1. The van der Waals surface area contributed by atoms with Gasteiger partial charge < -0.3 is 14.8 Å². The van der Waals surface area contributed by atoms with E-state index in [2.05, 4.69) is 37.3 Å². The Morgan fingerprint density at radius 1 is 1.28 bits per heavy atom. The van der Waals surface area contributed by atoms with Crippen molar-refractivity contribution < 1.29 is 19.4 Å². The van der Waals surface area contributed by atoms with Crippen molar-refractivity contribution in [3.63, 3.8) is 0 Å². The van der Waals surface area contributed by atoms with Crippen molar-refractivity contribution in [1.82, 2.24) is 9.97 Å². The third-order valence-electron chi connectivity index (χ3n) is 10.7. The lowest BCUT2D eigenvalue weighted by Crippen LogP contribution is -2.63. The van der Waals surface area contributed by atoms with Crippen LogP contribution in [0.2, 0.25) is 0 Å². The van der Waals surface area contributed by atoms with Crippen molar-refractivity contribution in [2.75, 3.05) is 5.75 Å². The molecule has 0 aliphatic heterocycles. The summed E-state index contributed by atoms with van der Waals surface area (Å²) >= 11 is 1.13. The van der Waals surface area contributed by atoms with Crippen molar-refractivity contribution in [1.29, 1.82) is 0 Å². The fourth-order valence-corrected chi connectivity index (χ4v) is 8.77. The summed E-state index contributed by atoms with van der Waals surface area (Å²) < 4.78 is 6.29. The van der Waals surface area contributed by atoms with E-state index in [1.54, 1.807) is 12.1 Å². The van der Waals surface area contributed by atoms with Crippen LogP contribution in [0.3, 0.4) is 0 Å². The first kappa shape index (κ1) is 28.1. The highest BCUT2D eigenvalue weighted by atomic mass is 32.2. The van der Waals surface area contributed by atoms with Crippen molar-refractivity contribution in [3.8, 4) is 0 Å². The number of hydrogen-bond acceptors (Lipinski definition) is 7. The van der Waals surface area contributed by atoms with Gasteiger partial charge in [0.15, 0.2) is 5.16 Å². The molecule has 7 nitrogen and oxygen atoms in total. The molecule has 5 rings (SSSR count). The molecule has 0 saturated heterocycles. The van der Waals surface area contributed by atoms with Crippen LogP contribution in [0, 0.1) is 40.9 Å². The number of H-pyrrole nitrogens is 1. The zero-order valence-electron chi connectivity index (χ0n) is 23.6. The van der Waals surface area contributed by atoms with Gasteiger partial charge in [-0.05, 0) is 67.6 Å². The SMILES string of the molecule is C=C[C@]1(C)C[C@@H](OC(=O)CSc2nc3cc(C)ccc3c(=O)[nH]2)[C@]2(C)[C@H](C)CC[C@]3(CCC(=O)[C@H]32)[C@@H](C)[C@@H]1O. The molecule has 3 saturated carbocycles. The molecule has 1 heterocycles. The number of aryl methyl sites for hydroxylation is 1. The molecule has 3 aliphatic rings. The average Bonchev–Trinajstić information content (AvgIpc) is 3.25. The van der Waals surface area contributed by atoms with Gasteiger partial charge in [-0.1, -0.05) is 51.6 Å². The highest BCUT2D eigenvalue weighted by Crippen LogP contribution is 2.68. The number of benzene rings is 1. The predicted octanol–water partition coefficient (Wildman–Crippen LogP) is 5.23. The van der Waals surface area contributed by atoms with Crippen LogP contribution >= 0.6 is 11.8 Å². The minimum absolute atomic E-state index is 0.0330. The Morgan fingerprint density at radius 3 is 2.74 bits per heavy atom. The molecule has 8 heteroatoms. The van der Waals surface area contributed by atoms with Crippen LogP contribution in [0.1, 0.15) is 65.4 Å². The van der Waals surface area contributed by atoms with E-state index in [9.17, 15) is 19.5 Å². The van der Waals surface area contributed by atoms with Gasteiger partial charge in [0.1, 0.15) is 11.9 Å². The lowest BCUT2D eigenvalue weighted by atomic mass is 9.44. The summed E-state index contributed by atoms with van der Waals surface area (Å²) in [6.45, 7) is 14.4. The highest BCUT2D eigenvalue weighted by molar-refractivity contribution is 7.99. The number of aromatic nitrogens is 2. The van der Waals surface area contributed by atoms with Crippen LogP contribution in [0.25, 0.3) is 10.9 Å². The van der Waals surface area contributed by atoms with E-state index in [-0.39, 0.29) is 40.3 Å². The Morgan fingerprint density at radius 2 is 2.03 bits per heavy atom. The molecular formula is C31H40N2O5S. The maximum absolute atomic E-state index is 13.5. The van der Waals surface area contributed by atoms with Crippen molar-refractivity contribution >= 4 is 34.4 Å². The van der Waals surface area contributed by atoms with Gasteiger partial charge in [0.25, 0.3) is 5.56 Å². The average molecular weight is 553 g/mol. The lowest BCUT2D eigenvalue weighted by molar-refractivity contribution is -0.205. The molecule has 0 amide bonds. The summed E-state index contributed by atoms with van der Waals surface area (Å²) in [6.07, 6.45) is 4.01. The van der Waals surface area contributed by atoms with Crippen molar-refractivity contribution in [2.45, 2.75) is 84.1 Å². The molecule has 3 aliphatic carbocycles. The summed E-state index contributed by atoms with van der Waals surface area (Å²) in [5.74, 6) is -0.401. The standard InChI is InChI=1S/C31H40N2O5S/c1-7-29(5)15-23(30(6)18(3)10-12-31(19(4)26(29)36)13-11-22(34)25(30)31)38-24(35)16-39-28-32-21-14-17(2)8-9-20(21)27(37)33-28/h7-9,14,18-19,23,25-26,36H,1,10-13,15-16H2,2-6H3,(H,32,33,37)/t18-,19+,23-,25+,26+,29-,30+,31+/m1/s1. The molecule has 1 aromatic heterocycles. The lowest BCUT2D eigenvalue weighted by Gasteiger charge is -2.61. The second kappa shape index (κ2) is 9.88. The number of carbonyl (C=O) groups is 2. The van der Waals surface area contributed by atoms with Gasteiger partial charge in [0.2, 0.25) is 0 Å². The fraction of sp³-hybridized carbons (Fsp3) is 0.613. The Bertz CT molecular complexity index is 1390. The Kier molecular flexibility index (Phi) is 7.11. The van der Waals surface area contributed by atoms with Crippen molar-refractivity contribution in [2.24, 2.45) is 34.0 Å². The molecule has 1 aromatic carbocycles. The summed E-state index contributed by atoms with van der Waals surface area (Å²) in [5, 5.41) is 12.5. The van der Waals surface area contributed by atoms with Gasteiger partial charge >= 0.3 is 5.97 Å².